The van der Waals surface area contributed by atoms with E-state index in [-0.39, 0.29) is 24.0 Å². The van der Waals surface area contributed by atoms with Crippen molar-refractivity contribution in [2.45, 2.75) is 32.6 Å². The highest BCUT2D eigenvalue weighted by Crippen LogP contribution is 2.00. The standard InChI is InChI=1S/C21H31N3O2.HI/c1-2-25-17-7-6-14-22-21(24-16-13-20-11-8-18-26-20)23-15-12-19-9-4-3-5-10-19;/h3-5,8-11,18H,2,6-7,12-17H2,1H3,(H2,22,23,24);1H. The van der Waals surface area contributed by atoms with Crippen LogP contribution in [0.5, 0.6) is 0 Å². The molecule has 0 bridgehead atoms. The Morgan fingerprint density at radius 2 is 1.78 bits per heavy atom. The van der Waals surface area contributed by atoms with Gasteiger partial charge in [-0.05, 0) is 43.9 Å². The Balaban J connectivity index is 0.00000364. The van der Waals surface area contributed by atoms with Crippen LogP contribution in [0.1, 0.15) is 31.1 Å². The Kier molecular flexibility index (Phi) is 13.5. The van der Waals surface area contributed by atoms with E-state index in [0.29, 0.717) is 0 Å². The molecule has 5 nitrogen and oxygen atoms in total. The first kappa shape index (κ1) is 23.5. The molecule has 2 N–H and O–H groups in total. The van der Waals surface area contributed by atoms with Crippen molar-refractivity contribution in [3.63, 3.8) is 0 Å². The first-order valence-corrected chi connectivity index (χ1v) is 9.54. The quantitative estimate of drug-likeness (QED) is 0.206. The number of halogens is 1. The molecule has 0 aliphatic heterocycles. The average Bonchev–Trinajstić information content (AvgIpc) is 3.18. The van der Waals surface area contributed by atoms with Crippen molar-refractivity contribution in [1.29, 1.82) is 0 Å². The predicted molar refractivity (Wildman–Crippen MR) is 122 cm³/mol. The molecule has 0 spiro atoms. The number of ether oxygens (including phenoxy) is 1. The lowest BCUT2D eigenvalue weighted by molar-refractivity contribution is 0.144. The largest absolute Gasteiger partial charge is 0.469 e. The number of rotatable bonds is 12. The minimum absolute atomic E-state index is 0. The maximum absolute atomic E-state index is 5.38. The summed E-state index contributed by atoms with van der Waals surface area (Å²) in [5.41, 5.74) is 1.33. The Bertz CT molecular complexity index is 603. The zero-order valence-corrected chi connectivity index (χ0v) is 18.5. The van der Waals surface area contributed by atoms with Crippen molar-refractivity contribution in [2.24, 2.45) is 4.99 Å². The fraction of sp³-hybridized carbons (Fsp3) is 0.476. The van der Waals surface area contributed by atoms with Crippen LogP contribution >= 0.6 is 24.0 Å². The molecule has 0 unspecified atom stereocenters. The summed E-state index contributed by atoms with van der Waals surface area (Å²) in [4.78, 5) is 4.68. The summed E-state index contributed by atoms with van der Waals surface area (Å²) in [5, 5.41) is 6.82. The van der Waals surface area contributed by atoms with Gasteiger partial charge in [0.2, 0.25) is 0 Å². The number of aliphatic imine (C=N–C) groups is 1. The number of nitrogens with zero attached hydrogens (tertiary/aromatic N) is 1. The summed E-state index contributed by atoms with van der Waals surface area (Å²) < 4.78 is 10.7. The molecule has 0 saturated carbocycles. The Morgan fingerprint density at radius 3 is 2.48 bits per heavy atom. The summed E-state index contributed by atoms with van der Waals surface area (Å²) in [5.74, 6) is 1.85. The van der Waals surface area contributed by atoms with E-state index in [1.807, 2.05) is 25.1 Å². The summed E-state index contributed by atoms with van der Waals surface area (Å²) >= 11 is 0. The molecule has 0 aliphatic rings. The molecule has 0 atom stereocenters. The molecule has 0 aliphatic carbocycles. The fourth-order valence-corrected chi connectivity index (χ4v) is 2.55. The number of guanidine groups is 1. The van der Waals surface area contributed by atoms with Crippen LogP contribution in [0.15, 0.2) is 58.1 Å². The maximum atomic E-state index is 5.38. The highest BCUT2D eigenvalue weighted by molar-refractivity contribution is 14.0. The van der Waals surface area contributed by atoms with E-state index >= 15 is 0 Å². The van der Waals surface area contributed by atoms with E-state index < -0.39 is 0 Å². The third-order valence-electron chi connectivity index (χ3n) is 3.96. The van der Waals surface area contributed by atoms with Crippen molar-refractivity contribution in [3.05, 3.63) is 60.1 Å². The summed E-state index contributed by atoms with van der Waals surface area (Å²) in [6.07, 6.45) is 5.60. The van der Waals surface area contributed by atoms with Crippen molar-refractivity contribution in [1.82, 2.24) is 10.6 Å². The molecule has 150 valence electrons. The minimum atomic E-state index is 0. The van der Waals surface area contributed by atoms with Crippen LogP contribution < -0.4 is 10.6 Å². The first-order chi connectivity index (χ1) is 12.9. The molecule has 0 radical (unpaired) electrons. The van der Waals surface area contributed by atoms with Crippen molar-refractivity contribution < 1.29 is 9.15 Å². The van der Waals surface area contributed by atoms with Gasteiger partial charge in [-0.3, -0.25) is 4.99 Å². The number of furan rings is 1. The van der Waals surface area contributed by atoms with Crippen LogP contribution in [0, 0.1) is 0 Å². The monoisotopic (exact) mass is 485 g/mol. The predicted octanol–water partition coefficient (Wildman–Crippen LogP) is 4.03. The van der Waals surface area contributed by atoms with Crippen molar-refractivity contribution >= 4 is 29.9 Å². The normalized spacial score (nSPS) is 11.1. The van der Waals surface area contributed by atoms with E-state index in [4.69, 9.17) is 9.15 Å². The number of unbranched alkanes of at least 4 members (excludes halogenated alkanes) is 1. The zero-order valence-electron chi connectivity index (χ0n) is 16.2. The third-order valence-corrected chi connectivity index (χ3v) is 3.96. The third kappa shape index (κ3) is 11.0. The SMILES string of the molecule is CCOCCCCN=C(NCCc1ccccc1)NCCc1ccco1.I. The number of hydrogen-bond acceptors (Lipinski definition) is 3. The molecule has 6 heteroatoms. The highest BCUT2D eigenvalue weighted by atomic mass is 127. The molecule has 2 aromatic rings. The Morgan fingerprint density at radius 1 is 1.00 bits per heavy atom. The molecular formula is C21H32IN3O2. The van der Waals surface area contributed by atoms with E-state index in [1.54, 1.807) is 6.26 Å². The molecule has 0 amide bonds. The molecule has 2 rings (SSSR count). The number of nitrogens with one attached hydrogen (secondary N) is 2. The van der Waals surface area contributed by atoms with Crippen LogP contribution in [-0.2, 0) is 17.6 Å². The number of benzene rings is 1. The molecule has 1 aromatic heterocycles. The Labute approximate surface area is 180 Å². The van der Waals surface area contributed by atoms with Gasteiger partial charge >= 0.3 is 0 Å². The van der Waals surface area contributed by atoms with Crippen molar-refractivity contribution in [2.75, 3.05) is 32.8 Å². The molecule has 1 heterocycles. The highest BCUT2D eigenvalue weighted by Gasteiger charge is 2.01. The van der Waals surface area contributed by atoms with Gasteiger partial charge in [-0.25, -0.2) is 0 Å². The van der Waals surface area contributed by atoms with Crippen LogP contribution in [0.25, 0.3) is 0 Å². The van der Waals surface area contributed by atoms with Crippen LogP contribution in [0.2, 0.25) is 0 Å². The molecule has 0 saturated heterocycles. The zero-order chi connectivity index (χ0) is 18.3. The maximum Gasteiger partial charge on any atom is 0.191 e. The lowest BCUT2D eigenvalue weighted by atomic mass is 10.1. The van der Waals surface area contributed by atoms with Gasteiger partial charge < -0.3 is 19.8 Å². The molecule has 1 aromatic carbocycles. The first-order valence-electron chi connectivity index (χ1n) is 9.54. The average molecular weight is 485 g/mol. The van der Waals surface area contributed by atoms with E-state index in [9.17, 15) is 0 Å². The second-order valence-corrected chi connectivity index (χ2v) is 6.05. The molecule has 27 heavy (non-hydrogen) atoms. The summed E-state index contributed by atoms with van der Waals surface area (Å²) in [6, 6.07) is 14.4. The van der Waals surface area contributed by atoms with Crippen LogP contribution in [0.3, 0.4) is 0 Å². The lowest BCUT2D eigenvalue weighted by Gasteiger charge is -2.12. The summed E-state index contributed by atoms with van der Waals surface area (Å²) in [6.45, 7) is 6.07. The van der Waals surface area contributed by atoms with E-state index in [1.165, 1.54) is 5.56 Å². The second-order valence-electron chi connectivity index (χ2n) is 6.05. The van der Waals surface area contributed by atoms with Gasteiger partial charge in [-0.1, -0.05) is 30.3 Å². The Hall–Kier alpha value is -1.54. The second kappa shape index (κ2) is 15.5. The van der Waals surface area contributed by atoms with Gasteiger partial charge in [0.15, 0.2) is 5.96 Å². The van der Waals surface area contributed by atoms with Crippen molar-refractivity contribution in [3.8, 4) is 0 Å². The topological polar surface area (TPSA) is 58.8 Å². The molecular weight excluding hydrogens is 453 g/mol. The fourth-order valence-electron chi connectivity index (χ4n) is 2.55. The van der Waals surface area contributed by atoms with E-state index in [0.717, 1.165) is 70.3 Å². The smallest absolute Gasteiger partial charge is 0.191 e. The lowest BCUT2D eigenvalue weighted by Crippen LogP contribution is -2.39. The minimum Gasteiger partial charge on any atom is -0.469 e. The van der Waals surface area contributed by atoms with Crippen LogP contribution in [-0.4, -0.2) is 38.8 Å². The van der Waals surface area contributed by atoms with Gasteiger partial charge in [0.05, 0.1) is 6.26 Å². The van der Waals surface area contributed by atoms with Gasteiger partial charge in [-0.15, -0.1) is 24.0 Å². The molecule has 0 fully saturated rings. The van der Waals surface area contributed by atoms with Gasteiger partial charge in [0.25, 0.3) is 0 Å². The summed E-state index contributed by atoms with van der Waals surface area (Å²) in [7, 11) is 0. The van der Waals surface area contributed by atoms with Gasteiger partial charge in [0, 0.05) is 39.3 Å². The van der Waals surface area contributed by atoms with Gasteiger partial charge in [0.1, 0.15) is 5.76 Å². The van der Waals surface area contributed by atoms with Crippen LogP contribution in [0.4, 0.5) is 0 Å². The van der Waals surface area contributed by atoms with Gasteiger partial charge in [-0.2, -0.15) is 0 Å². The number of hydrogen-bond donors (Lipinski definition) is 2. The van der Waals surface area contributed by atoms with E-state index in [2.05, 4.69) is 39.9 Å².